The van der Waals surface area contributed by atoms with E-state index in [1.807, 2.05) is 58.0 Å². The maximum Gasteiger partial charge on any atom is 0.264 e. The van der Waals surface area contributed by atoms with Gasteiger partial charge < -0.3 is 10.2 Å². The maximum atomic E-state index is 14.4. The molecule has 0 aliphatic carbocycles. The third kappa shape index (κ3) is 9.15. The largest absolute Gasteiger partial charge is 0.350 e. The van der Waals surface area contributed by atoms with Gasteiger partial charge in [-0.1, -0.05) is 71.8 Å². The molecule has 1 atom stereocenters. The van der Waals surface area contributed by atoms with Gasteiger partial charge in [0.05, 0.1) is 10.6 Å². The molecule has 0 unspecified atom stereocenters. The molecular formula is C35H37ClFN3O4S. The molecular weight excluding hydrogens is 613 g/mol. The van der Waals surface area contributed by atoms with Crippen molar-refractivity contribution < 1.29 is 22.4 Å². The fourth-order valence-electron chi connectivity index (χ4n) is 4.77. The number of carbonyl (C=O) groups is 2. The molecule has 2 amide bonds. The molecule has 0 fully saturated rings. The molecule has 4 aromatic carbocycles. The first-order valence-corrected chi connectivity index (χ1v) is 16.3. The van der Waals surface area contributed by atoms with E-state index in [1.54, 1.807) is 24.3 Å². The van der Waals surface area contributed by atoms with Gasteiger partial charge in [0.2, 0.25) is 11.8 Å². The first-order valence-electron chi connectivity index (χ1n) is 14.5. The van der Waals surface area contributed by atoms with Crippen molar-refractivity contribution in [3.63, 3.8) is 0 Å². The Morgan fingerprint density at radius 1 is 0.844 bits per heavy atom. The highest BCUT2D eigenvalue weighted by Crippen LogP contribution is 2.27. The minimum absolute atomic E-state index is 0.00671. The number of nitrogens with one attached hydrogen (secondary N) is 1. The van der Waals surface area contributed by atoms with Crippen LogP contribution >= 0.6 is 11.6 Å². The summed E-state index contributed by atoms with van der Waals surface area (Å²) in [5.41, 5.74) is 1.88. The van der Waals surface area contributed by atoms with Crippen LogP contribution in [-0.2, 0) is 32.6 Å². The van der Waals surface area contributed by atoms with Gasteiger partial charge in [-0.3, -0.25) is 13.9 Å². The van der Waals surface area contributed by atoms with E-state index in [0.29, 0.717) is 10.6 Å². The standard InChI is InChI=1S/C35H37ClFN3O4S/c1-25-10-20-31(21-11-25)45(43,44)40(30-18-14-28(36)15-19-30)24-33(41)39(23-27-12-16-29(37)17-13-27)32(34(42)38-35(2,3)4)22-26-8-6-5-7-9-26/h5-21,32H,22-24H2,1-4H3,(H,38,42)/t32-/m0/s1. The van der Waals surface area contributed by atoms with Gasteiger partial charge in [0.1, 0.15) is 18.4 Å². The van der Waals surface area contributed by atoms with E-state index in [9.17, 15) is 22.4 Å². The van der Waals surface area contributed by atoms with E-state index >= 15 is 0 Å². The lowest BCUT2D eigenvalue weighted by Crippen LogP contribution is -2.56. The highest BCUT2D eigenvalue weighted by Gasteiger charge is 2.35. The fourth-order valence-corrected chi connectivity index (χ4v) is 6.31. The van der Waals surface area contributed by atoms with Gasteiger partial charge in [-0.15, -0.1) is 0 Å². The molecule has 4 aromatic rings. The van der Waals surface area contributed by atoms with Crippen molar-refractivity contribution in [2.45, 2.75) is 57.1 Å². The second-order valence-electron chi connectivity index (χ2n) is 11.9. The lowest BCUT2D eigenvalue weighted by Gasteiger charge is -2.35. The Balaban J connectivity index is 1.81. The molecule has 0 aliphatic rings. The van der Waals surface area contributed by atoms with Gasteiger partial charge in [0, 0.05) is 23.5 Å². The molecule has 0 saturated carbocycles. The van der Waals surface area contributed by atoms with E-state index in [1.165, 1.54) is 53.4 Å². The Labute approximate surface area is 269 Å². The monoisotopic (exact) mass is 649 g/mol. The molecule has 0 spiro atoms. The van der Waals surface area contributed by atoms with E-state index < -0.39 is 45.8 Å². The zero-order valence-corrected chi connectivity index (χ0v) is 27.3. The van der Waals surface area contributed by atoms with Crippen molar-refractivity contribution in [3.05, 3.63) is 131 Å². The van der Waals surface area contributed by atoms with Crippen molar-refractivity contribution in [1.29, 1.82) is 0 Å². The minimum atomic E-state index is -4.23. The number of nitrogens with zero attached hydrogens (tertiary/aromatic N) is 2. The molecule has 10 heteroatoms. The van der Waals surface area contributed by atoms with Gasteiger partial charge in [0.25, 0.3) is 10.0 Å². The normalized spacial score (nSPS) is 12.3. The van der Waals surface area contributed by atoms with Crippen molar-refractivity contribution in [2.24, 2.45) is 0 Å². The van der Waals surface area contributed by atoms with Crippen LogP contribution in [0.5, 0.6) is 0 Å². The lowest BCUT2D eigenvalue weighted by molar-refractivity contribution is -0.140. The first-order chi connectivity index (χ1) is 21.2. The van der Waals surface area contributed by atoms with Crippen LogP contribution in [-0.4, -0.2) is 43.3 Å². The van der Waals surface area contributed by atoms with Gasteiger partial charge in [0.15, 0.2) is 0 Å². The van der Waals surface area contributed by atoms with Crippen molar-refractivity contribution in [2.75, 3.05) is 10.8 Å². The van der Waals surface area contributed by atoms with E-state index in [0.717, 1.165) is 15.4 Å². The summed E-state index contributed by atoms with van der Waals surface area (Å²) in [5, 5.41) is 3.38. The van der Waals surface area contributed by atoms with Crippen LogP contribution in [0.4, 0.5) is 10.1 Å². The number of hydrogen-bond donors (Lipinski definition) is 1. The Kier molecular flexibility index (Phi) is 10.7. The predicted octanol–water partition coefficient (Wildman–Crippen LogP) is 6.54. The smallest absolute Gasteiger partial charge is 0.264 e. The topological polar surface area (TPSA) is 86.8 Å². The zero-order valence-electron chi connectivity index (χ0n) is 25.7. The average Bonchev–Trinajstić information content (AvgIpc) is 2.99. The van der Waals surface area contributed by atoms with E-state index in [-0.39, 0.29) is 23.5 Å². The van der Waals surface area contributed by atoms with Crippen molar-refractivity contribution in [3.8, 4) is 0 Å². The number of carbonyl (C=O) groups excluding carboxylic acids is 2. The van der Waals surface area contributed by atoms with E-state index in [2.05, 4.69) is 5.32 Å². The van der Waals surface area contributed by atoms with Crippen LogP contribution in [0, 0.1) is 12.7 Å². The van der Waals surface area contributed by atoms with Gasteiger partial charge in [-0.2, -0.15) is 0 Å². The highest BCUT2D eigenvalue weighted by molar-refractivity contribution is 7.92. The summed E-state index contributed by atoms with van der Waals surface area (Å²) < 4.78 is 43.0. The Morgan fingerprint density at radius 3 is 2.02 bits per heavy atom. The maximum absolute atomic E-state index is 14.4. The molecule has 236 valence electrons. The summed E-state index contributed by atoms with van der Waals surface area (Å²) in [6.07, 6.45) is 0.168. The van der Waals surface area contributed by atoms with Gasteiger partial charge >= 0.3 is 0 Å². The number of aryl methyl sites for hydroxylation is 1. The fraction of sp³-hybridized carbons (Fsp3) is 0.257. The average molecular weight is 650 g/mol. The third-order valence-corrected chi connectivity index (χ3v) is 9.08. The molecule has 1 N–H and O–H groups in total. The van der Waals surface area contributed by atoms with Crippen LogP contribution in [0.2, 0.25) is 5.02 Å². The van der Waals surface area contributed by atoms with Crippen LogP contribution < -0.4 is 9.62 Å². The molecule has 0 bridgehead atoms. The number of halogens is 2. The lowest BCUT2D eigenvalue weighted by atomic mass is 10.0. The van der Waals surface area contributed by atoms with Crippen LogP contribution in [0.15, 0.2) is 108 Å². The number of benzene rings is 4. The van der Waals surface area contributed by atoms with Crippen molar-refractivity contribution >= 4 is 39.1 Å². The Hall–Kier alpha value is -4.21. The molecule has 7 nitrogen and oxygen atoms in total. The molecule has 0 saturated heterocycles. The molecule has 0 heterocycles. The second kappa shape index (κ2) is 14.3. The summed E-state index contributed by atoms with van der Waals surface area (Å²) in [5.74, 6) is -1.46. The summed E-state index contributed by atoms with van der Waals surface area (Å²) in [6.45, 7) is 6.70. The summed E-state index contributed by atoms with van der Waals surface area (Å²) in [6, 6.07) is 26.4. The summed E-state index contributed by atoms with van der Waals surface area (Å²) in [4.78, 5) is 29.7. The zero-order chi connectivity index (χ0) is 32.8. The summed E-state index contributed by atoms with van der Waals surface area (Å²) in [7, 11) is -4.23. The van der Waals surface area contributed by atoms with Gasteiger partial charge in [-0.25, -0.2) is 12.8 Å². The van der Waals surface area contributed by atoms with Crippen LogP contribution in [0.1, 0.15) is 37.5 Å². The third-order valence-electron chi connectivity index (χ3n) is 7.04. The number of sulfonamides is 1. The van der Waals surface area contributed by atoms with Gasteiger partial charge in [-0.05, 0) is 87.4 Å². The number of amides is 2. The second-order valence-corrected chi connectivity index (χ2v) is 14.2. The van der Waals surface area contributed by atoms with Crippen LogP contribution in [0.25, 0.3) is 0 Å². The predicted molar refractivity (Wildman–Crippen MR) is 176 cm³/mol. The Bertz CT molecular complexity index is 1710. The molecule has 4 rings (SSSR count). The number of rotatable bonds is 11. The molecule has 0 aliphatic heterocycles. The Morgan fingerprint density at radius 2 is 1.44 bits per heavy atom. The SMILES string of the molecule is Cc1ccc(S(=O)(=O)N(CC(=O)N(Cc2ccc(F)cc2)[C@@H](Cc2ccccc2)C(=O)NC(C)(C)C)c2ccc(Cl)cc2)cc1. The quantitative estimate of drug-likeness (QED) is 0.200. The molecule has 0 aromatic heterocycles. The molecule has 45 heavy (non-hydrogen) atoms. The minimum Gasteiger partial charge on any atom is -0.350 e. The summed E-state index contributed by atoms with van der Waals surface area (Å²) >= 11 is 6.11. The number of anilines is 1. The first kappa shape index (κ1) is 33.7. The van der Waals surface area contributed by atoms with Crippen molar-refractivity contribution in [1.82, 2.24) is 10.2 Å². The highest BCUT2D eigenvalue weighted by atomic mass is 35.5. The number of hydrogen-bond acceptors (Lipinski definition) is 4. The molecule has 0 radical (unpaired) electrons. The van der Waals surface area contributed by atoms with E-state index in [4.69, 9.17) is 11.6 Å². The van der Waals surface area contributed by atoms with Crippen LogP contribution in [0.3, 0.4) is 0 Å².